The minimum Gasteiger partial charge on any atom is -0.494 e. The summed E-state index contributed by atoms with van der Waals surface area (Å²) in [6, 6.07) is 7.87. The zero-order valence-corrected chi connectivity index (χ0v) is 10.3. The third kappa shape index (κ3) is 6.14. The monoisotopic (exact) mass is 239 g/mol. The summed E-state index contributed by atoms with van der Waals surface area (Å²) in [5.74, 6) is 0.897. The minimum atomic E-state index is 0.0729. The third-order valence-corrected chi connectivity index (χ3v) is 2.14. The largest absolute Gasteiger partial charge is 0.494 e. The predicted octanol–water partition coefficient (Wildman–Crippen LogP) is 1.90. The summed E-state index contributed by atoms with van der Waals surface area (Å²) in [5.41, 5.74) is 1.04. The molecule has 17 heavy (non-hydrogen) atoms. The second kappa shape index (κ2) is 8.84. The van der Waals surface area contributed by atoms with Crippen molar-refractivity contribution in [3.63, 3.8) is 0 Å². The second-order valence-electron chi connectivity index (χ2n) is 3.64. The highest BCUT2D eigenvalue weighted by Crippen LogP contribution is 2.15. The van der Waals surface area contributed by atoms with Gasteiger partial charge in [-0.05, 0) is 30.7 Å². The molecule has 0 amide bonds. The lowest BCUT2D eigenvalue weighted by atomic mass is 10.3. The molecular weight excluding hydrogens is 218 g/mol. The number of nitrogens with one attached hydrogen (secondary N) is 1. The summed E-state index contributed by atoms with van der Waals surface area (Å²) in [4.78, 5) is 0. The Hall–Kier alpha value is -1.26. The van der Waals surface area contributed by atoms with Crippen molar-refractivity contribution in [1.29, 1.82) is 0 Å². The zero-order valence-electron chi connectivity index (χ0n) is 10.3. The molecule has 2 N–H and O–H groups in total. The van der Waals surface area contributed by atoms with E-state index < -0.39 is 0 Å². The van der Waals surface area contributed by atoms with Crippen LogP contribution in [0.5, 0.6) is 5.75 Å². The van der Waals surface area contributed by atoms with Crippen LogP contribution in [0.4, 0.5) is 5.69 Å². The van der Waals surface area contributed by atoms with Gasteiger partial charge in [0.1, 0.15) is 5.75 Å². The number of rotatable bonds is 9. The van der Waals surface area contributed by atoms with Crippen LogP contribution in [0.25, 0.3) is 0 Å². The van der Waals surface area contributed by atoms with Crippen molar-refractivity contribution in [1.82, 2.24) is 0 Å². The smallest absolute Gasteiger partial charge is 0.119 e. The molecule has 0 bridgehead atoms. The Morgan fingerprint density at radius 1 is 1.12 bits per heavy atom. The lowest BCUT2D eigenvalue weighted by Gasteiger charge is -2.08. The van der Waals surface area contributed by atoms with E-state index in [0.29, 0.717) is 13.2 Å². The molecule has 1 aromatic carbocycles. The highest BCUT2D eigenvalue weighted by molar-refractivity contribution is 5.46. The molecule has 0 heterocycles. The maximum Gasteiger partial charge on any atom is 0.119 e. The summed E-state index contributed by atoms with van der Waals surface area (Å²) in [7, 11) is 0. The van der Waals surface area contributed by atoms with Gasteiger partial charge in [0, 0.05) is 12.2 Å². The Morgan fingerprint density at radius 2 is 1.88 bits per heavy atom. The van der Waals surface area contributed by atoms with E-state index in [9.17, 15) is 0 Å². The van der Waals surface area contributed by atoms with Crippen LogP contribution >= 0.6 is 0 Å². The van der Waals surface area contributed by atoms with E-state index in [1.54, 1.807) is 0 Å². The van der Waals surface area contributed by atoms with E-state index >= 15 is 0 Å². The van der Waals surface area contributed by atoms with Crippen LogP contribution < -0.4 is 10.1 Å². The van der Waals surface area contributed by atoms with E-state index in [1.807, 2.05) is 24.3 Å². The van der Waals surface area contributed by atoms with Crippen LogP contribution in [-0.4, -0.2) is 38.1 Å². The van der Waals surface area contributed by atoms with Crippen molar-refractivity contribution < 1.29 is 14.6 Å². The molecule has 0 fully saturated rings. The van der Waals surface area contributed by atoms with Crippen LogP contribution in [0.15, 0.2) is 24.3 Å². The van der Waals surface area contributed by atoms with Crippen molar-refractivity contribution in [3.05, 3.63) is 24.3 Å². The molecule has 0 radical (unpaired) electrons. The van der Waals surface area contributed by atoms with Gasteiger partial charge in [0.05, 0.1) is 26.4 Å². The molecule has 1 rings (SSSR count). The van der Waals surface area contributed by atoms with Crippen molar-refractivity contribution in [2.24, 2.45) is 0 Å². The van der Waals surface area contributed by atoms with Crippen LogP contribution in [0.3, 0.4) is 0 Å². The zero-order chi connectivity index (χ0) is 12.3. The van der Waals surface area contributed by atoms with Gasteiger partial charge >= 0.3 is 0 Å². The fraction of sp³-hybridized carbons (Fsp3) is 0.538. The summed E-state index contributed by atoms with van der Waals surface area (Å²) in [6.07, 6.45) is 1.02. The SMILES string of the molecule is CCCOc1ccc(NCCOCCO)cc1. The molecule has 0 aromatic heterocycles. The van der Waals surface area contributed by atoms with E-state index in [0.717, 1.165) is 31.0 Å². The molecule has 4 nitrogen and oxygen atoms in total. The van der Waals surface area contributed by atoms with Gasteiger partial charge in [0.25, 0.3) is 0 Å². The first-order valence-corrected chi connectivity index (χ1v) is 6.02. The molecule has 0 unspecified atom stereocenters. The van der Waals surface area contributed by atoms with Crippen molar-refractivity contribution in [2.75, 3.05) is 38.3 Å². The number of benzene rings is 1. The molecule has 0 saturated carbocycles. The van der Waals surface area contributed by atoms with E-state index in [1.165, 1.54) is 0 Å². The van der Waals surface area contributed by atoms with E-state index in [4.69, 9.17) is 14.6 Å². The third-order valence-electron chi connectivity index (χ3n) is 2.14. The first-order valence-electron chi connectivity index (χ1n) is 6.02. The summed E-state index contributed by atoms with van der Waals surface area (Å²) in [6.45, 7) is 4.63. The van der Waals surface area contributed by atoms with Crippen LogP contribution in [0.2, 0.25) is 0 Å². The highest BCUT2D eigenvalue weighted by atomic mass is 16.5. The molecule has 0 aliphatic heterocycles. The van der Waals surface area contributed by atoms with Gasteiger partial charge in [0.2, 0.25) is 0 Å². The maximum absolute atomic E-state index is 8.52. The predicted molar refractivity (Wildman–Crippen MR) is 68.6 cm³/mol. The van der Waals surface area contributed by atoms with Crippen LogP contribution in [-0.2, 0) is 4.74 Å². The molecule has 4 heteroatoms. The Labute approximate surface area is 103 Å². The Balaban J connectivity index is 2.20. The van der Waals surface area contributed by atoms with Crippen molar-refractivity contribution in [3.8, 4) is 5.75 Å². The molecule has 0 aliphatic carbocycles. The van der Waals surface area contributed by atoms with Crippen molar-refractivity contribution >= 4 is 5.69 Å². The topological polar surface area (TPSA) is 50.7 Å². The van der Waals surface area contributed by atoms with Gasteiger partial charge in [-0.25, -0.2) is 0 Å². The van der Waals surface area contributed by atoms with Gasteiger partial charge in [-0.1, -0.05) is 6.92 Å². The maximum atomic E-state index is 8.52. The average molecular weight is 239 g/mol. The molecule has 96 valence electrons. The van der Waals surface area contributed by atoms with Gasteiger partial charge in [-0.2, -0.15) is 0 Å². The fourth-order valence-corrected chi connectivity index (χ4v) is 1.32. The van der Waals surface area contributed by atoms with Gasteiger partial charge in [0.15, 0.2) is 0 Å². The van der Waals surface area contributed by atoms with Crippen LogP contribution in [0, 0.1) is 0 Å². The minimum absolute atomic E-state index is 0.0729. The Bertz CT molecular complexity index is 287. The molecule has 0 saturated heterocycles. The molecule has 1 aromatic rings. The quantitative estimate of drug-likeness (QED) is 0.646. The van der Waals surface area contributed by atoms with Gasteiger partial charge < -0.3 is 19.9 Å². The molecule has 0 atom stereocenters. The molecular formula is C13H21NO3. The Morgan fingerprint density at radius 3 is 2.53 bits per heavy atom. The average Bonchev–Trinajstić information content (AvgIpc) is 2.37. The van der Waals surface area contributed by atoms with E-state index in [2.05, 4.69) is 12.2 Å². The number of aliphatic hydroxyl groups excluding tert-OH is 1. The van der Waals surface area contributed by atoms with E-state index in [-0.39, 0.29) is 6.61 Å². The van der Waals surface area contributed by atoms with Gasteiger partial charge in [-0.3, -0.25) is 0 Å². The lowest BCUT2D eigenvalue weighted by molar-refractivity contribution is 0.0992. The molecule has 0 spiro atoms. The number of anilines is 1. The fourth-order valence-electron chi connectivity index (χ4n) is 1.32. The second-order valence-corrected chi connectivity index (χ2v) is 3.64. The lowest BCUT2D eigenvalue weighted by Crippen LogP contribution is -2.11. The first-order chi connectivity index (χ1) is 8.36. The standard InChI is InChI=1S/C13H21NO3/c1-2-9-17-13-5-3-12(4-6-13)14-7-10-16-11-8-15/h3-6,14-15H,2,7-11H2,1H3. The highest BCUT2D eigenvalue weighted by Gasteiger charge is 1.94. The first kappa shape index (κ1) is 13.8. The Kier molecular flexibility index (Phi) is 7.18. The van der Waals surface area contributed by atoms with Gasteiger partial charge in [-0.15, -0.1) is 0 Å². The summed E-state index contributed by atoms with van der Waals surface area (Å²) >= 11 is 0. The number of hydrogen-bond donors (Lipinski definition) is 2. The summed E-state index contributed by atoms with van der Waals surface area (Å²) in [5, 5.41) is 11.7. The number of aliphatic hydroxyl groups is 1. The van der Waals surface area contributed by atoms with Crippen LogP contribution in [0.1, 0.15) is 13.3 Å². The summed E-state index contributed by atoms with van der Waals surface area (Å²) < 4.78 is 10.6. The molecule has 0 aliphatic rings. The number of hydrogen-bond acceptors (Lipinski definition) is 4. The number of ether oxygens (including phenoxy) is 2. The normalized spacial score (nSPS) is 10.2. The van der Waals surface area contributed by atoms with Crippen molar-refractivity contribution in [2.45, 2.75) is 13.3 Å².